The predicted molar refractivity (Wildman–Crippen MR) is 145 cm³/mol. The van der Waals surface area contributed by atoms with Crippen LogP contribution in [0.2, 0.25) is 0 Å². The van der Waals surface area contributed by atoms with E-state index in [9.17, 15) is 23.9 Å². The van der Waals surface area contributed by atoms with Crippen LogP contribution in [0, 0.1) is 6.92 Å². The summed E-state index contributed by atoms with van der Waals surface area (Å²) in [5, 5.41) is 4.46. The Morgan fingerprint density at radius 1 is 1.15 bits per heavy atom. The highest BCUT2D eigenvalue weighted by atomic mass is 31.2. The van der Waals surface area contributed by atoms with Crippen LogP contribution in [-0.2, 0) is 20.6 Å². The first-order valence-electron chi connectivity index (χ1n) is 12.4. The minimum absolute atomic E-state index is 0.0500. The van der Waals surface area contributed by atoms with Crippen LogP contribution in [0.4, 0.5) is 0 Å². The first-order chi connectivity index (χ1) is 19.6. The van der Waals surface area contributed by atoms with Gasteiger partial charge in [0.2, 0.25) is 0 Å². The summed E-state index contributed by atoms with van der Waals surface area (Å²) < 4.78 is 24.3. The van der Waals surface area contributed by atoms with Gasteiger partial charge in [-0.05, 0) is 37.5 Å². The number of phosphoric ester groups is 1. The van der Waals surface area contributed by atoms with Crippen molar-refractivity contribution in [2.75, 3.05) is 20.2 Å². The summed E-state index contributed by atoms with van der Waals surface area (Å²) in [6.07, 6.45) is 6.65. The lowest BCUT2D eigenvalue weighted by Gasteiger charge is -2.28. The zero-order chi connectivity index (χ0) is 29.3. The minimum atomic E-state index is -4.89. The number of piperidine rings is 1. The Hall–Kier alpha value is -4.43. The molecule has 1 aliphatic rings. The van der Waals surface area contributed by atoms with E-state index in [0.717, 1.165) is 5.57 Å². The lowest BCUT2D eigenvalue weighted by atomic mass is 9.99. The van der Waals surface area contributed by atoms with Gasteiger partial charge in [-0.25, -0.2) is 19.2 Å². The number of carbonyl (C=O) groups is 2. The first kappa shape index (κ1) is 28.1. The van der Waals surface area contributed by atoms with E-state index in [-0.39, 0.29) is 41.1 Å². The number of Topliss-reactive ketones (excluding diaryl/α,β-unsaturated/α-hetero) is 1. The molecule has 0 atom stereocenters. The van der Waals surface area contributed by atoms with Crippen molar-refractivity contribution in [3.05, 3.63) is 65.8 Å². The number of nitrogens with two attached hydrogens (primary N) is 1. The van der Waals surface area contributed by atoms with Gasteiger partial charge in [0, 0.05) is 25.5 Å². The lowest BCUT2D eigenvalue weighted by Crippen LogP contribution is -2.41. The molecular weight excluding hydrogens is 555 g/mol. The van der Waals surface area contributed by atoms with E-state index in [4.69, 9.17) is 15.0 Å². The normalized spacial score (nSPS) is 14.0. The number of fused-ring (bicyclic) bond motifs is 1. The van der Waals surface area contributed by atoms with E-state index in [1.165, 1.54) is 40.0 Å². The van der Waals surface area contributed by atoms with Gasteiger partial charge in [0.1, 0.15) is 30.1 Å². The molecule has 1 aliphatic heterocycles. The van der Waals surface area contributed by atoms with Crippen molar-refractivity contribution in [1.82, 2.24) is 34.2 Å². The highest BCUT2D eigenvalue weighted by Gasteiger charge is 2.32. The van der Waals surface area contributed by atoms with Gasteiger partial charge in [-0.1, -0.05) is 6.07 Å². The summed E-state index contributed by atoms with van der Waals surface area (Å²) in [7, 11) is -3.51. The topological polar surface area (TPSA) is 201 Å². The third-order valence-corrected chi connectivity index (χ3v) is 7.12. The molecule has 4 N–H and O–H groups in total. The zero-order valence-corrected chi connectivity index (χ0v) is 23.1. The molecule has 5 rings (SSSR count). The van der Waals surface area contributed by atoms with Crippen molar-refractivity contribution in [3.8, 4) is 11.6 Å². The summed E-state index contributed by atoms with van der Waals surface area (Å²) in [5.41, 5.74) is 8.62. The summed E-state index contributed by atoms with van der Waals surface area (Å²) >= 11 is 0. The van der Waals surface area contributed by atoms with Gasteiger partial charge in [0.25, 0.3) is 11.7 Å². The van der Waals surface area contributed by atoms with Crippen LogP contribution >= 0.6 is 7.82 Å². The number of hydrogen-bond donors (Lipinski definition) is 3. The third-order valence-electron chi connectivity index (χ3n) is 6.66. The molecule has 0 radical (unpaired) electrons. The van der Waals surface area contributed by atoms with Gasteiger partial charge in [0.05, 0.1) is 35.6 Å². The van der Waals surface area contributed by atoms with Crippen LogP contribution < -0.4 is 10.5 Å². The molecule has 5 heterocycles. The van der Waals surface area contributed by atoms with E-state index >= 15 is 0 Å². The number of aryl methyl sites for hydroxylation is 1. The molecule has 214 valence electrons. The number of carbonyl (C=O) groups excluding carboxylic acids is 2. The molecular formula is C25H27N8O7P. The van der Waals surface area contributed by atoms with Gasteiger partial charge in [-0.15, -0.1) is 0 Å². The molecule has 4 aromatic rings. The molecule has 16 heteroatoms. The Morgan fingerprint density at radius 2 is 1.90 bits per heavy atom. The van der Waals surface area contributed by atoms with E-state index in [2.05, 4.69) is 20.1 Å². The van der Waals surface area contributed by atoms with Crippen LogP contribution in [0.5, 0.6) is 5.75 Å². The number of amides is 1. The Balaban J connectivity index is 1.50. The molecule has 0 unspecified atom stereocenters. The SMILES string of the molecule is COc1cnc(-n2cnc(C)n2)c2c1c(C(=O)C(=O)N1CCC(=C(N)c3ccccn3)CC1)cn2COP(=O)(O)O. The van der Waals surface area contributed by atoms with Crippen molar-refractivity contribution in [2.45, 2.75) is 26.5 Å². The van der Waals surface area contributed by atoms with E-state index in [1.807, 2.05) is 12.1 Å². The van der Waals surface area contributed by atoms with Crippen molar-refractivity contribution in [3.63, 3.8) is 0 Å². The van der Waals surface area contributed by atoms with Gasteiger partial charge in [-0.3, -0.25) is 19.1 Å². The number of methoxy groups -OCH3 is 1. The van der Waals surface area contributed by atoms with E-state index in [0.29, 0.717) is 30.1 Å². The smallest absolute Gasteiger partial charge is 0.471 e. The molecule has 0 aromatic carbocycles. The Kier molecular flexibility index (Phi) is 7.69. The molecule has 15 nitrogen and oxygen atoms in total. The summed E-state index contributed by atoms with van der Waals surface area (Å²) in [6, 6.07) is 5.45. The number of likely N-dealkylation sites (tertiary alicyclic amines) is 1. The van der Waals surface area contributed by atoms with Crippen LogP contribution in [0.3, 0.4) is 0 Å². The van der Waals surface area contributed by atoms with Gasteiger partial charge < -0.3 is 29.7 Å². The maximum Gasteiger partial charge on any atom is 0.471 e. The van der Waals surface area contributed by atoms with Gasteiger partial charge in [0.15, 0.2) is 5.82 Å². The number of ketones is 1. The van der Waals surface area contributed by atoms with E-state index < -0.39 is 26.2 Å². The molecule has 4 aromatic heterocycles. The van der Waals surface area contributed by atoms with Crippen LogP contribution in [0.1, 0.15) is 34.7 Å². The van der Waals surface area contributed by atoms with Gasteiger partial charge >= 0.3 is 7.82 Å². The Labute approximate surface area is 233 Å². The fraction of sp³-hybridized carbons (Fsp3) is 0.280. The average molecular weight is 583 g/mol. The molecule has 1 saturated heterocycles. The molecule has 1 amide bonds. The second-order valence-corrected chi connectivity index (χ2v) is 10.5. The Morgan fingerprint density at radius 3 is 2.51 bits per heavy atom. The third kappa shape index (κ3) is 5.74. The molecule has 0 saturated carbocycles. The second kappa shape index (κ2) is 11.2. The number of phosphoric acid groups is 1. The van der Waals surface area contributed by atoms with Gasteiger partial charge in [-0.2, -0.15) is 5.10 Å². The van der Waals surface area contributed by atoms with Crippen molar-refractivity contribution in [2.24, 2.45) is 5.73 Å². The Bertz CT molecular complexity index is 1700. The van der Waals surface area contributed by atoms with E-state index in [1.54, 1.807) is 19.2 Å². The molecule has 1 fully saturated rings. The van der Waals surface area contributed by atoms with Crippen molar-refractivity contribution in [1.29, 1.82) is 0 Å². The van der Waals surface area contributed by atoms with Crippen molar-refractivity contribution >= 4 is 36.1 Å². The number of pyridine rings is 2. The lowest BCUT2D eigenvalue weighted by molar-refractivity contribution is -0.126. The van der Waals surface area contributed by atoms with Crippen molar-refractivity contribution < 1.29 is 33.2 Å². The highest BCUT2D eigenvalue weighted by molar-refractivity contribution is 7.46. The monoisotopic (exact) mass is 582 g/mol. The maximum atomic E-state index is 13.7. The minimum Gasteiger partial charge on any atom is -0.494 e. The number of nitrogens with zero attached hydrogens (tertiary/aromatic N) is 7. The summed E-state index contributed by atoms with van der Waals surface area (Å²) in [6.45, 7) is 1.57. The second-order valence-electron chi connectivity index (χ2n) is 9.23. The fourth-order valence-electron chi connectivity index (χ4n) is 4.68. The quantitative estimate of drug-likeness (QED) is 0.154. The van der Waals surface area contributed by atoms with Crippen LogP contribution in [-0.4, -0.2) is 75.9 Å². The standard InChI is InChI=1S/C25H27N8O7P/c1-15-29-13-33(30-15)24-22-20(19(39-2)11-28-24)17(12-32(22)14-40-41(36,37)38)23(34)25(35)31-9-6-16(7-10-31)21(26)18-5-3-4-8-27-18/h3-5,8,11-13H,6-7,9-10,14,26H2,1-2H3,(H2,36,37,38). The number of rotatable bonds is 8. The van der Waals surface area contributed by atoms with Crippen LogP contribution in [0.15, 0.2) is 48.7 Å². The molecule has 41 heavy (non-hydrogen) atoms. The average Bonchev–Trinajstić information content (AvgIpc) is 3.58. The number of aromatic nitrogens is 6. The zero-order valence-electron chi connectivity index (χ0n) is 22.2. The van der Waals surface area contributed by atoms with Crippen LogP contribution in [0.25, 0.3) is 22.4 Å². The molecule has 0 bridgehead atoms. The number of hydrogen-bond acceptors (Lipinski definition) is 10. The summed E-state index contributed by atoms with van der Waals surface area (Å²) in [5.74, 6) is -0.791. The number of ether oxygens (including phenoxy) is 1. The molecule has 0 spiro atoms. The maximum absolute atomic E-state index is 13.7. The molecule has 0 aliphatic carbocycles. The fourth-order valence-corrected chi connectivity index (χ4v) is 4.96. The largest absolute Gasteiger partial charge is 0.494 e. The predicted octanol–water partition coefficient (Wildman–Crippen LogP) is 1.57. The first-order valence-corrected chi connectivity index (χ1v) is 14.0. The highest BCUT2D eigenvalue weighted by Crippen LogP contribution is 2.39. The summed E-state index contributed by atoms with van der Waals surface area (Å²) in [4.78, 5) is 59.9.